The van der Waals surface area contributed by atoms with E-state index in [2.05, 4.69) is 11.9 Å². The van der Waals surface area contributed by atoms with E-state index in [1.807, 2.05) is 6.92 Å². The molecule has 1 unspecified atom stereocenters. The van der Waals surface area contributed by atoms with Gasteiger partial charge in [0.05, 0.1) is 6.10 Å². The van der Waals surface area contributed by atoms with Crippen molar-refractivity contribution in [2.75, 3.05) is 0 Å². The molecular weight excluding hydrogens is 166 g/mol. The highest BCUT2D eigenvalue weighted by Crippen LogP contribution is 2.35. The summed E-state index contributed by atoms with van der Waals surface area (Å²) in [4.78, 5) is 11.1. The van der Waals surface area contributed by atoms with E-state index in [0.717, 1.165) is 19.3 Å². The Hall–Kier alpha value is -0.830. The molecule has 2 aliphatic rings. The van der Waals surface area contributed by atoms with Crippen LogP contribution in [0.3, 0.4) is 0 Å². The lowest BCUT2D eigenvalue weighted by atomic mass is 9.94. The quantitative estimate of drug-likeness (QED) is 0.573. The lowest BCUT2D eigenvalue weighted by Crippen LogP contribution is -2.49. The second-order valence-electron chi connectivity index (χ2n) is 4.10. The zero-order valence-corrected chi connectivity index (χ0v) is 7.93. The molecule has 0 saturated carbocycles. The Morgan fingerprint density at radius 1 is 1.69 bits per heavy atom. The van der Waals surface area contributed by atoms with Gasteiger partial charge in [0.15, 0.2) is 0 Å². The van der Waals surface area contributed by atoms with Crippen molar-refractivity contribution in [1.82, 2.24) is 5.32 Å². The van der Waals surface area contributed by atoms with E-state index in [0.29, 0.717) is 6.42 Å². The molecule has 72 valence electrons. The summed E-state index contributed by atoms with van der Waals surface area (Å²) < 4.78 is 5.78. The molecule has 0 bridgehead atoms. The molecule has 1 spiro atoms. The van der Waals surface area contributed by atoms with E-state index in [-0.39, 0.29) is 12.0 Å². The minimum atomic E-state index is -0.411. The topological polar surface area (TPSA) is 38.3 Å². The molecule has 2 saturated heterocycles. The summed E-state index contributed by atoms with van der Waals surface area (Å²) in [6, 6.07) is 0. The van der Waals surface area contributed by atoms with Gasteiger partial charge in [-0.3, -0.25) is 4.79 Å². The molecule has 1 amide bonds. The maximum Gasteiger partial charge on any atom is 0.222 e. The summed E-state index contributed by atoms with van der Waals surface area (Å²) in [5.74, 6) is 0.0990. The minimum Gasteiger partial charge on any atom is -0.352 e. The van der Waals surface area contributed by atoms with Crippen molar-refractivity contribution in [2.45, 2.75) is 44.4 Å². The van der Waals surface area contributed by atoms with Crippen LogP contribution in [0.15, 0.2) is 12.2 Å². The third kappa shape index (κ3) is 1.61. The van der Waals surface area contributed by atoms with E-state index in [9.17, 15) is 4.79 Å². The molecular formula is C10H15NO2. The average Bonchev–Trinajstić information content (AvgIpc) is 2.28. The number of ether oxygens (including phenoxy) is 1. The van der Waals surface area contributed by atoms with E-state index in [4.69, 9.17) is 4.74 Å². The molecule has 2 fully saturated rings. The second kappa shape index (κ2) is 2.84. The molecule has 13 heavy (non-hydrogen) atoms. The first-order chi connectivity index (χ1) is 6.10. The van der Waals surface area contributed by atoms with Gasteiger partial charge in [-0.15, -0.1) is 0 Å². The average molecular weight is 181 g/mol. The Bertz CT molecular complexity index is 262. The molecule has 0 aromatic carbocycles. The molecule has 0 aromatic rings. The zero-order chi connectivity index (χ0) is 9.47. The van der Waals surface area contributed by atoms with E-state index in [1.165, 1.54) is 5.57 Å². The van der Waals surface area contributed by atoms with E-state index in [1.54, 1.807) is 0 Å². The Kier molecular flexibility index (Phi) is 1.91. The second-order valence-corrected chi connectivity index (χ2v) is 4.10. The van der Waals surface area contributed by atoms with Gasteiger partial charge in [0, 0.05) is 19.3 Å². The molecule has 2 aliphatic heterocycles. The molecule has 0 aliphatic carbocycles. The van der Waals surface area contributed by atoms with Gasteiger partial charge in [0.2, 0.25) is 5.91 Å². The lowest BCUT2D eigenvalue weighted by Gasteiger charge is -2.38. The number of nitrogens with one attached hydrogen (secondary N) is 1. The molecule has 0 aromatic heterocycles. The molecule has 0 radical (unpaired) electrons. The van der Waals surface area contributed by atoms with Crippen LogP contribution in [0, 0.1) is 0 Å². The summed E-state index contributed by atoms with van der Waals surface area (Å²) in [7, 11) is 0. The summed E-state index contributed by atoms with van der Waals surface area (Å²) in [5.41, 5.74) is 0.771. The molecule has 2 atom stereocenters. The van der Waals surface area contributed by atoms with Crippen molar-refractivity contribution >= 4 is 5.91 Å². The van der Waals surface area contributed by atoms with Crippen LogP contribution in [-0.4, -0.2) is 17.7 Å². The highest BCUT2D eigenvalue weighted by Gasteiger charge is 2.42. The number of hydrogen-bond donors (Lipinski definition) is 1. The zero-order valence-electron chi connectivity index (χ0n) is 7.93. The summed E-state index contributed by atoms with van der Waals surface area (Å²) in [5, 5.41) is 2.91. The SMILES string of the molecule is C=C1C[C@@H](C)OC2(CCC(=O)N2)C1. The highest BCUT2D eigenvalue weighted by molar-refractivity contribution is 5.79. The molecule has 1 N–H and O–H groups in total. The van der Waals surface area contributed by atoms with Crippen molar-refractivity contribution in [3.63, 3.8) is 0 Å². The Labute approximate surface area is 78.1 Å². The van der Waals surface area contributed by atoms with Crippen LogP contribution in [0.2, 0.25) is 0 Å². The normalized spacial score (nSPS) is 39.6. The summed E-state index contributed by atoms with van der Waals surface area (Å²) in [6.45, 7) is 6.00. The van der Waals surface area contributed by atoms with Gasteiger partial charge in [-0.1, -0.05) is 12.2 Å². The summed E-state index contributed by atoms with van der Waals surface area (Å²) >= 11 is 0. The predicted octanol–water partition coefficient (Wildman–Crippen LogP) is 1.35. The van der Waals surface area contributed by atoms with Crippen LogP contribution in [0.1, 0.15) is 32.6 Å². The maximum absolute atomic E-state index is 11.1. The Morgan fingerprint density at radius 2 is 2.46 bits per heavy atom. The fourth-order valence-corrected chi connectivity index (χ4v) is 2.27. The number of rotatable bonds is 0. The number of carbonyl (C=O) groups is 1. The van der Waals surface area contributed by atoms with Crippen molar-refractivity contribution in [3.05, 3.63) is 12.2 Å². The molecule has 3 nitrogen and oxygen atoms in total. The Balaban J connectivity index is 2.13. The predicted molar refractivity (Wildman–Crippen MR) is 49.0 cm³/mol. The fourth-order valence-electron chi connectivity index (χ4n) is 2.27. The number of amides is 1. The number of carbonyl (C=O) groups excluding carboxylic acids is 1. The van der Waals surface area contributed by atoms with Crippen LogP contribution in [-0.2, 0) is 9.53 Å². The standard InChI is InChI=1S/C10H15NO2/c1-7-5-8(2)13-10(6-7)4-3-9(12)11-10/h8H,1,3-6H2,2H3,(H,11,12)/t8-,10?/m1/s1. The van der Waals surface area contributed by atoms with Gasteiger partial charge in [-0.2, -0.15) is 0 Å². The molecule has 3 heteroatoms. The van der Waals surface area contributed by atoms with Crippen LogP contribution in [0.25, 0.3) is 0 Å². The van der Waals surface area contributed by atoms with Gasteiger partial charge in [0.25, 0.3) is 0 Å². The van der Waals surface area contributed by atoms with Gasteiger partial charge < -0.3 is 10.1 Å². The van der Waals surface area contributed by atoms with Gasteiger partial charge in [0.1, 0.15) is 5.72 Å². The van der Waals surface area contributed by atoms with Crippen LogP contribution in [0.4, 0.5) is 0 Å². The minimum absolute atomic E-state index is 0.0990. The van der Waals surface area contributed by atoms with Crippen molar-refractivity contribution in [1.29, 1.82) is 0 Å². The molecule has 2 rings (SSSR count). The first kappa shape index (κ1) is 8.75. The first-order valence-corrected chi connectivity index (χ1v) is 4.75. The van der Waals surface area contributed by atoms with Crippen molar-refractivity contribution in [3.8, 4) is 0 Å². The van der Waals surface area contributed by atoms with Crippen LogP contribution in [0.5, 0.6) is 0 Å². The monoisotopic (exact) mass is 181 g/mol. The fraction of sp³-hybridized carbons (Fsp3) is 0.700. The van der Waals surface area contributed by atoms with Crippen LogP contribution < -0.4 is 5.32 Å². The Morgan fingerprint density at radius 3 is 3.00 bits per heavy atom. The maximum atomic E-state index is 11.1. The third-order valence-corrected chi connectivity index (χ3v) is 2.66. The smallest absolute Gasteiger partial charge is 0.222 e. The molecule has 2 heterocycles. The highest BCUT2D eigenvalue weighted by atomic mass is 16.5. The lowest BCUT2D eigenvalue weighted by molar-refractivity contribution is -0.134. The van der Waals surface area contributed by atoms with E-state index < -0.39 is 5.72 Å². The van der Waals surface area contributed by atoms with Crippen molar-refractivity contribution in [2.24, 2.45) is 0 Å². The van der Waals surface area contributed by atoms with Gasteiger partial charge in [-0.05, 0) is 13.3 Å². The number of hydrogen-bond acceptors (Lipinski definition) is 2. The van der Waals surface area contributed by atoms with Crippen molar-refractivity contribution < 1.29 is 9.53 Å². The third-order valence-electron chi connectivity index (χ3n) is 2.66. The summed E-state index contributed by atoms with van der Waals surface area (Å²) in [6.07, 6.45) is 3.25. The first-order valence-electron chi connectivity index (χ1n) is 4.75. The van der Waals surface area contributed by atoms with Crippen LogP contribution >= 0.6 is 0 Å². The van der Waals surface area contributed by atoms with Gasteiger partial charge in [-0.25, -0.2) is 0 Å². The van der Waals surface area contributed by atoms with E-state index >= 15 is 0 Å². The van der Waals surface area contributed by atoms with Gasteiger partial charge >= 0.3 is 0 Å². The largest absolute Gasteiger partial charge is 0.352 e.